The van der Waals surface area contributed by atoms with Gasteiger partial charge in [-0.3, -0.25) is 14.4 Å². The fourth-order valence-electron chi connectivity index (χ4n) is 2.98. The van der Waals surface area contributed by atoms with Gasteiger partial charge in [0.25, 0.3) is 0 Å². The molecule has 0 bridgehead atoms. The number of allylic oxidation sites excluding steroid dienone is 5. The summed E-state index contributed by atoms with van der Waals surface area (Å²) < 4.78 is 5.18. The van der Waals surface area contributed by atoms with Gasteiger partial charge in [0.2, 0.25) is 0 Å². The molecule has 1 aliphatic rings. The number of aliphatic carboxylic acids is 1. The summed E-state index contributed by atoms with van der Waals surface area (Å²) in [5.74, 6) is -1.69. The third kappa shape index (κ3) is 7.08. The van der Waals surface area contributed by atoms with Crippen LogP contribution in [0.2, 0.25) is 0 Å². The van der Waals surface area contributed by atoms with Crippen LogP contribution in [0.3, 0.4) is 0 Å². The van der Waals surface area contributed by atoms with Gasteiger partial charge in [-0.15, -0.1) is 0 Å². The third-order valence-corrected chi connectivity index (χ3v) is 4.32. The maximum absolute atomic E-state index is 12.5. The van der Waals surface area contributed by atoms with Gasteiger partial charge in [0.1, 0.15) is 6.10 Å². The van der Waals surface area contributed by atoms with Crippen molar-refractivity contribution < 1.29 is 24.2 Å². The Morgan fingerprint density at radius 2 is 1.96 bits per heavy atom. The van der Waals surface area contributed by atoms with Crippen molar-refractivity contribution in [1.82, 2.24) is 0 Å². The summed E-state index contributed by atoms with van der Waals surface area (Å²) in [6.45, 7) is 7.38. The number of hydrogen-bond donors (Lipinski definition) is 1. The van der Waals surface area contributed by atoms with Crippen LogP contribution in [0.25, 0.3) is 0 Å². The highest BCUT2D eigenvalue weighted by Gasteiger charge is 2.43. The molecule has 5 nitrogen and oxygen atoms in total. The van der Waals surface area contributed by atoms with Crippen molar-refractivity contribution >= 4 is 17.7 Å². The van der Waals surface area contributed by atoms with E-state index in [4.69, 9.17) is 4.74 Å². The van der Waals surface area contributed by atoms with E-state index in [9.17, 15) is 19.5 Å². The molecule has 0 unspecified atom stereocenters. The molecule has 0 saturated heterocycles. The smallest absolute Gasteiger partial charge is 0.304 e. The van der Waals surface area contributed by atoms with E-state index >= 15 is 0 Å². The molecular formula is C20H28O5. The minimum absolute atomic E-state index is 0.200. The maximum atomic E-state index is 12.5. The Labute approximate surface area is 149 Å². The molecule has 0 spiro atoms. The Morgan fingerprint density at radius 3 is 2.52 bits per heavy atom. The molecule has 1 rings (SSSR count). The average Bonchev–Trinajstić information content (AvgIpc) is 2.47. The molecule has 138 valence electrons. The van der Waals surface area contributed by atoms with Crippen LogP contribution >= 0.6 is 0 Å². The van der Waals surface area contributed by atoms with Gasteiger partial charge in [-0.05, 0) is 52.2 Å². The summed E-state index contributed by atoms with van der Waals surface area (Å²) in [5, 5.41) is 9.27. The summed E-state index contributed by atoms with van der Waals surface area (Å²) in [7, 11) is 0. The summed E-state index contributed by atoms with van der Waals surface area (Å²) >= 11 is 0. The largest absolute Gasteiger partial charge is 0.481 e. The summed E-state index contributed by atoms with van der Waals surface area (Å²) in [5.41, 5.74) is 1.32. The Balaban J connectivity index is 2.93. The summed E-state index contributed by atoms with van der Waals surface area (Å²) in [4.78, 5) is 35.0. The van der Waals surface area contributed by atoms with E-state index < -0.39 is 23.5 Å². The van der Waals surface area contributed by atoms with Crippen LogP contribution in [-0.4, -0.2) is 28.9 Å². The lowest BCUT2D eigenvalue weighted by Crippen LogP contribution is -2.39. The van der Waals surface area contributed by atoms with Gasteiger partial charge in [0, 0.05) is 13.3 Å². The van der Waals surface area contributed by atoms with Gasteiger partial charge < -0.3 is 9.84 Å². The standard InChI is InChI=1S/C20H28O5/c1-14(2)6-5-7-15(3)10-11-20(13-19(23)24)12-17(25-16(4)21)8-9-18(20)22/h6,8-10,17H,5,7,11-13H2,1-4H3,(H,23,24)/b15-10+/t17-,20-/m1/s1. The monoisotopic (exact) mass is 348 g/mol. The van der Waals surface area contributed by atoms with Crippen molar-refractivity contribution in [3.63, 3.8) is 0 Å². The fourth-order valence-corrected chi connectivity index (χ4v) is 2.98. The number of esters is 1. The van der Waals surface area contributed by atoms with Crippen molar-refractivity contribution in [2.24, 2.45) is 5.41 Å². The molecule has 0 amide bonds. The quantitative estimate of drug-likeness (QED) is 0.530. The topological polar surface area (TPSA) is 80.7 Å². The maximum Gasteiger partial charge on any atom is 0.304 e. The average molecular weight is 348 g/mol. The predicted molar refractivity (Wildman–Crippen MR) is 96.0 cm³/mol. The molecule has 25 heavy (non-hydrogen) atoms. The van der Waals surface area contributed by atoms with Crippen LogP contribution in [0.5, 0.6) is 0 Å². The van der Waals surface area contributed by atoms with Gasteiger partial charge in [0.05, 0.1) is 11.8 Å². The lowest BCUT2D eigenvalue weighted by Gasteiger charge is -2.34. The van der Waals surface area contributed by atoms with Crippen molar-refractivity contribution in [3.8, 4) is 0 Å². The van der Waals surface area contributed by atoms with Crippen LogP contribution in [0, 0.1) is 5.41 Å². The molecule has 2 atom stereocenters. The van der Waals surface area contributed by atoms with E-state index in [1.165, 1.54) is 24.6 Å². The molecule has 0 aromatic rings. The highest BCUT2D eigenvalue weighted by molar-refractivity contribution is 5.98. The minimum atomic E-state index is -1.06. The number of ether oxygens (including phenoxy) is 1. The van der Waals surface area contributed by atoms with E-state index in [-0.39, 0.29) is 18.6 Å². The Kier molecular flexibility index (Phi) is 7.81. The van der Waals surface area contributed by atoms with Crippen molar-refractivity contribution in [2.45, 2.75) is 65.9 Å². The summed E-state index contributed by atoms with van der Waals surface area (Å²) in [6, 6.07) is 0. The van der Waals surface area contributed by atoms with Crippen LogP contribution < -0.4 is 0 Å². The Morgan fingerprint density at radius 1 is 1.28 bits per heavy atom. The van der Waals surface area contributed by atoms with Crippen LogP contribution in [-0.2, 0) is 19.1 Å². The van der Waals surface area contributed by atoms with Crippen LogP contribution in [0.4, 0.5) is 0 Å². The van der Waals surface area contributed by atoms with E-state index in [0.29, 0.717) is 6.42 Å². The first-order valence-corrected chi connectivity index (χ1v) is 8.55. The van der Waals surface area contributed by atoms with Gasteiger partial charge in [-0.2, -0.15) is 0 Å². The normalized spacial score (nSPS) is 23.3. The number of carboxylic acid groups (broad SMARTS) is 1. The molecule has 1 N–H and O–H groups in total. The van der Waals surface area contributed by atoms with Crippen LogP contribution in [0.15, 0.2) is 35.5 Å². The number of carbonyl (C=O) groups is 3. The van der Waals surface area contributed by atoms with E-state index in [1.807, 2.05) is 26.8 Å². The fraction of sp³-hybridized carbons (Fsp3) is 0.550. The minimum Gasteiger partial charge on any atom is -0.481 e. The molecule has 1 aliphatic carbocycles. The van der Waals surface area contributed by atoms with Gasteiger partial charge in [-0.1, -0.05) is 23.3 Å². The molecule has 0 aromatic heterocycles. The van der Waals surface area contributed by atoms with Crippen molar-refractivity contribution in [3.05, 3.63) is 35.5 Å². The second kappa shape index (κ2) is 9.35. The second-order valence-electron chi connectivity index (χ2n) is 7.00. The molecule has 0 fully saturated rings. The Bertz CT molecular complexity index is 608. The van der Waals surface area contributed by atoms with E-state index in [1.54, 1.807) is 0 Å². The van der Waals surface area contributed by atoms with Crippen LogP contribution in [0.1, 0.15) is 59.8 Å². The van der Waals surface area contributed by atoms with Gasteiger partial charge in [0.15, 0.2) is 5.78 Å². The van der Waals surface area contributed by atoms with Gasteiger partial charge in [-0.25, -0.2) is 0 Å². The first kappa shape index (κ1) is 20.9. The molecule has 0 radical (unpaired) electrons. The lowest BCUT2D eigenvalue weighted by molar-refractivity contribution is -0.150. The first-order chi connectivity index (χ1) is 11.6. The second-order valence-corrected chi connectivity index (χ2v) is 7.00. The SMILES string of the molecule is CC(=O)O[C@@H]1C=CC(=O)[C@@](C/C=C(\C)CCC=C(C)C)(CC(=O)O)C1. The number of rotatable bonds is 8. The number of carbonyl (C=O) groups excluding carboxylic acids is 2. The zero-order valence-corrected chi connectivity index (χ0v) is 15.5. The molecular weight excluding hydrogens is 320 g/mol. The molecule has 0 aliphatic heterocycles. The first-order valence-electron chi connectivity index (χ1n) is 8.55. The predicted octanol–water partition coefficient (Wildman–Crippen LogP) is 3.99. The molecule has 0 saturated carbocycles. The number of carboxylic acids is 1. The van der Waals surface area contributed by atoms with E-state index in [0.717, 1.165) is 18.4 Å². The molecule has 0 aromatic carbocycles. The highest BCUT2D eigenvalue weighted by Crippen LogP contribution is 2.39. The Hall–Kier alpha value is -2.17. The lowest BCUT2D eigenvalue weighted by atomic mass is 9.70. The molecule has 0 heterocycles. The number of hydrogen-bond acceptors (Lipinski definition) is 4. The number of ketones is 1. The van der Waals surface area contributed by atoms with Gasteiger partial charge >= 0.3 is 11.9 Å². The third-order valence-electron chi connectivity index (χ3n) is 4.32. The highest BCUT2D eigenvalue weighted by atomic mass is 16.5. The van der Waals surface area contributed by atoms with E-state index in [2.05, 4.69) is 6.08 Å². The molecule has 5 heteroatoms. The zero-order chi connectivity index (χ0) is 19.0. The summed E-state index contributed by atoms with van der Waals surface area (Å²) in [6.07, 6.45) is 8.47. The van der Waals surface area contributed by atoms with Crippen molar-refractivity contribution in [2.75, 3.05) is 0 Å². The zero-order valence-electron chi connectivity index (χ0n) is 15.5. The van der Waals surface area contributed by atoms with Crippen molar-refractivity contribution in [1.29, 1.82) is 0 Å².